The largest absolute Gasteiger partial charge is 0.497 e. The number of amides is 1. The molecule has 1 aliphatic rings. The standard InChI is InChI=1S/C41H39NO4/c1-45-37-21-22-38-34(27-37)19-20-35(23-29-11-5-3-6-12-29)40(38)42(28-30-13-7-4-8-14-30)39(43)25-31-15-9-16-32(24-31)33-17-10-18-36(26-33)41(44)46-2/h3-18,21-22,24,26-27,35,40H,19-20,23,25,28H2,1-2H3. The van der Waals surface area contributed by atoms with Crippen LogP contribution in [0.3, 0.4) is 0 Å². The number of carbonyl (C=O) groups is 2. The molecule has 46 heavy (non-hydrogen) atoms. The molecule has 2 unspecified atom stereocenters. The van der Waals surface area contributed by atoms with Gasteiger partial charge in [0, 0.05) is 6.54 Å². The summed E-state index contributed by atoms with van der Waals surface area (Å²) in [5.41, 5.74) is 8.09. The maximum atomic E-state index is 14.6. The number of nitrogens with zero attached hydrogens (tertiary/aromatic N) is 1. The summed E-state index contributed by atoms with van der Waals surface area (Å²) in [6, 6.07) is 42.5. The van der Waals surface area contributed by atoms with Crippen molar-refractivity contribution < 1.29 is 19.1 Å². The number of ether oxygens (including phenoxy) is 2. The van der Waals surface area contributed by atoms with Crippen LogP contribution >= 0.6 is 0 Å². The average Bonchev–Trinajstić information content (AvgIpc) is 3.11. The smallest absolute Gasteiger partial charge is 0.337 e. The predicted molar refractivity (Wildman–Crippen MR) is 182 cm³/mol. The summed E-state index contributed by atoms with van der Waals surface area (Å²) in [4.78, 5) is 28.9. The van der Waals surface area contributed by atoms with Gasteiger partial charge in [-0.05, 0) is 88.4 Å². The molecule has 0 aliphatic heterocycles. The molecule has 0 saturated heterocycles. The van der Waals surface area contributed by atoms with E-state index in [1.165, 1.54) is 23.8 Å². The lowest BCUT2D eigenvalue weighted by molar-refractivity contribution is -0.135. The highest BCUT2D eigenvalue weighted by molar-refractivity contribution is 5.91. The van der Waals surface area contributed by atoms with Crippen LogP contribution in [-0.2, 0) is 35.3 Å². The minimum absolute atomic E-state index is 0.0797. The maximum absolute atomic E-state index is 14.6. The second-order valence-corrected chi connectivity index (χ2v) is 12.0. The zero-order chi connectivity index (χ0) is 31.9. The fraction of sp³-hybridized carbons (Fsp3) is 0.220. The van der Waals surface area contributed by atoms with Gasteiger partial charge >= 0.3 is 5.97 Å². The summed E-state index contributed by atoms with van der Waals surface area (Å²) in [5.74, 6) is 0.799. The monoisotopic (exact) mass is 609 g/mol. The van der Waals surface area contributed by atoms with Crippen LogP contribution < -0.4 is 4.74 Å². The van der Waals surface area contributed by atoms with Crippen LogP contribution in [-0.4, -0.2) is 31.0 Å². The molecule has 5 nitrogen and oxygen atoms in total. The quantitative estimate of drug-likeness (QED) is 0.150. The second kappa shape index (κ2) is 14.3. The van der Waals surface area contributed by atoms with Crippen LogP contribution in [0.25, 0.3) is 11.1 Å². The van der Waals surface area contributed by atoms with E-state index in [-0.39, 0.29) is 30.3 Å². The molecular formula is C41H39NO4. The minimum atomic E-state index is -0.375. The lowest BCUT2D eigenvalue weighted by Gasteiger charge is -2.42. The molecule has 0 N–H and O–H groups in total. The molecule has 1 amide bonds. The zero-order valence-corrected chi connectivity index (χ0v) is 26.4. The fourth-order valence-corrected chi connectivity index (χ4v) is 6.72. The van der Waals surface area contributed by atoms with Crippen molar-refractivity contribution in [2.45, 2.75) is 38.3 Å². The van der Waals surface area contributed by atoms with E-state index >= 15 is 0 Å². The van der Waals surface area contributed by atoms with E-state index in [0.29, 0.717) is 12.1 Å². The molecule has 232 valence electrons. The van der Waals surface area contributed by atoms with Crippen molar-refractivity contribution in [3.8, 4) is 16.9 Å². The third kappa shape index (κ3) is 7.05. The Labute approximate surface area is 271 Å². The Bertz CT molecular complexity index is 1800. The van der Waals surface area contributed by atoms with E-state index in [4.69, 9.17) is 9.47 Å². The molecule has 0 fully saturated rings. The minimum Gasteiger partial charge on any atom is -0.497 e. The Hall–Kier alpha value is -5.16. The number of fused-ring (bicyclic) bond motifs is 1. The van der Waals surface area contributed by atoms with Crippen molar-refractivity contribution in [1.82, 2.24) is 4.90 Å². The van der Waals surface area contributed by atoms with Crippen LogP contribution in [0.4, 0.5) is 0 Å². The molecule has 1 aliphatic carbocycles. The number of hydrogen-bond donors (Lipinski definition) is 0. The van der Waals surface area contributed by atoms with Crippen LogP contribution in [0.5, 0.6) is 5.75 Å². The first-order valence-corrected chi connectivity index (χ1v) is 15.8. The summed E-state index contributed by atoms with van der Waals surface area (Å²) in [5, 5.41) is 0. The fourth-order valence-electron chi connectivity index (χ4n) is 6.72. The number of aryl methyl sites for hydroxylation is 1. The van der Waals surface area contributed by atoms with Crippen molar-refractivity contribution in [3.63, 3.8) is 0 Å². The van der Waals surface area contributed by atoms with Gasteiger partial charge in [0.2, 0.25) is 5.91 Å². The first-order valence-electron chi connectivity index (χ1n) is 15.8. The van der Waals surface area contributed by atoms with Crippen molar-refractivity contribution >= 4 is 11.9 Å². The van der Waals surface area contributed by atoms with E-state index in [1.54, 1.807) is 13.2 Å². The molecular weight excluding hydrogens is 570 g/mol. The Morgan fingerprint density at radius 2 is 1.39 bits per heavy atom. The van der Waals surface area contributed by atoms with E-state index < -0.39 is 0 Å². The first kappa shape index (κ1) is 30.8. The first-order chi connectivity index (χ1) is 22.5. The summed E-state index contributed by atoms with van der Waals surface area (Å²) in [7, 11) is 3.08. The average molecular weight is 610 g/mol. The van der Waals surface area contributed by atoms with Crippen LogP contribution in [0, 0.1) is 5.92 Å². The van der Waals surface area contributed by atoms with Crippen molar-refractivity contribution in [2.24, 2.45) is 5.92 Å². The SMILES string of the molecule is COC(=O)c1cccc(-c2cccc(CC(=O)N(Cc3ccccc3)C3c4ccc(OC)cc4CCC3Cc3ccccc3)c2)c1. The summed E-state index contributed by atoms with van der Waals surface area (Å²) in [6.07, 6.45) is 3.07. The van der Waals surface area contributed by atoms with Crippen LogP contribution in [0.1, 0.15) is 50.6 Å². The molecule has 5 heteroatoms. The molecule has 5 aromatic rings. The molecule has 6 rings (SSSR count). The number of esters is 1. The third-order valence-corrected chi connectivity index (χ3v) is 8.99. The summed E-state index contributed by atoms with van der Waals surface area (Å²) >= 11 is 0. The van der Waals surface area contributed by atoms with Gasteiger partial charge in [-0.25, -0.2) is 4.79 Å². The molecule has 5 aromatic carbocycles. The number of carbonyl (C=O) groups excluding carboxylic acids is 2. The third-order valence-electron chi connectivity index (χ3n) is 8.99. The van der Waals surface area contributed by atoms with Gasteiger partial charge in [-0.15, -0.1) is 0 Å². The van der Waals surface area contributed by atoms with E-state index in [2.05, 4.69) is 65.6 Å². The van der Waals surface area contributed by atoms with E-state index in [0.717, 1.165) is 47.3 Å². The van der Waals surface area contributed by atoms with Gasteiger partial charge < -0.3 is 14.4 Å². The topological polar surface area (TPSA) is 55.8 Å². The van der Waals surface area contributed by atoms with Gasteiger partial charge in [-0.2, -0.15) is 0 Å². The van der Waals surface area contributed by atoms with Crippen molar-refractivity contribution in [3.05, 3.63) is 161 Å². The Kier molecular flexibility index (Phi) is 9.59. The van der Waals surface area contributed by atoms with E-state index in [9.17, 15) is 9.59 Å². The number of rotatable bonds is 10. The summed E-state index contributed by atoms with van der Waals surface area (Å²) in [6.45, 7) is 0.516. The van der Waals surface area contributed by atoms with Crippen molar-refractivity contribution in [2.75, 3.05) is 14.2 Å². The maximum Gasteiger partial charge on any atom is 0.337 e. The molecule has 0 bridgehead atoms. The Morgan fingerprint density at radius 3 is 2.11 bits per heavy atom. The molecule has 0 heterocycles. The molecule has 0 radical (unpaired) electrons. The summed E-state index contributed by atoms with van der Waals surface area (Å²) < 4.78 is 10.5. The zero-order valence-electron chi connectivity index (χ0n) is 26.4. The predicted octanol–water partition coefficient (Wildman–Crippen LogP) is 8.27. The van der Waals surface area contributed by atoms with Crippen LogP contribution in [0.2, 0.25) is 0 Å². The van der Waals surface area contributed by atoms with Gasteiger partial charge in [0.1, 0.15) is 5.75 Å². The highest BCUT2D eigenvalue weighted by atomic mass is 16.5. The van der Waals surface area contributed by atoms with Gasteiger partial charge in [0.15, 0.2) is 0 Å². The highest BCUT2D eigenvalue weighted by Gasteiger charge is 2.36. The normalized spacial score (nSPS) is 15.4. The van der Waals surface area contributed by atoms with Gasteiger partial charge in [0.05, 0.1) is 32.2 Å². The number of benzene rings is 5. The Morgan fingerprint density at radius 1 is 0.717 bits per heavy atom. The van der Waals surface area contributed by atoms with Crippen molar-refractivity contribution in [1.29, 1.82) is 0 Å². The number of hydrogen-bond acceptors (Lipinski definition) is 4. The molecule has 0 aromatic heterocycles. The molecule has 0 spiro atoms. The van der Waals surface area contributed by atoms with Crippen LogP contribution in [0.15, 0.2) is 127 Å². The lowest BCUT2D eigenvalue weighted by atomic mass is 9.75. The number of methoxy groups -OCH3 is 2. The van der Waals surface area contributed by atoms with E-state index in [1.807, 2.05) is 60.7 Å². The lowest BCUT2D eigenvalue weighted by Crippen LogP contribution is -2.41. The Balaban J connectivity index is 1.37. The molecule has 0 saturated carbocycles. The second-order valence-electron chi connectivity index (χ2n) is 12.0. The van der Waals surface area contributed by atoms with Gasteiger partial charge in [-0.1, -0.05) is 103 Å². The van der Waals surface area contributed by atoms with Gasteiger partial charge in [0.25, 0.3) is 0 Å². The van der Waals surface area contributed by atoms with Gasteiger partial charge in [-0.3, -0.25) is 4.79 Å². The molecule has 2 atom stereocenters. The highest BCUT2D eigenvalue weighted by Crippen LogP contribution is 2.42.